The van der Waals surface area contributed by atoms with E-state index >= 15 is 0 Å². The van der Waals surface area contributed by atoms with Crippen LogP contribution in [0.4, 0.5) is 0 Å². The molecule has 0 fully saturated rings. The largest absolute Gasteiger partial charge is 0.242 e. The zero-order valence-electron chi connectivity index (χ0n) is 6.69. The van der Waals surface area contributed by atoms with Crippen LogP contribution >= 0.6 is 11.3 Å². The van der Waals surface area contributed by atoms with E-state index in [-0.39, 0.29) is 0 Å². The molecular formula is C9H8N2S. The normalized spacial score (nSPS) is 10.1. The van der Waals surface area contributed by atoms with E-state index in [0.717, 1.165) is 11.5 Å². The number of aromatic nitrogens is 2. The zero-order valence-corrected chi connectivity index (χ0v) is 7.51. The SMILES string of the molecule is Cc1nccc(-c2cccs2)n1. The first-order valence-electron chi connectivity index (χ1n) is 3.70. The van der Waals surface area contributed by atoms with E-state index in [9.17, 15) is 0 Å². The van der Waals surface area contributed by atoms with Gasteiger partial charge >= 0.3 is 0 Å². The number of hydrogen-bond donors (Lipinski definition) is 0. The van der Waals surface area contributed by atoms with Crippen LogP contribution in [0.2, 0.25) is 0 Å². The van der Waals surface area contributed by atoms with Crippen molar-refractivity contribution in [3.05, 3.63) is 35.6 Å². The molecular weight excluding hydrogens is 168 g/mol. The second kappa shape index (κ2) is 3.03. The smallest absolute Gasteiger partial charge is 0.125 e. The third kappa shape index (κ3) is 1.36. The van der Waals surface area contributed by atoms with Gasteiger partial charge in [0.25, 0.3) is 0 Å². The van der Waals surface area contributed by atoms with Crippen LogP contribution in [0.3, 0.4) is 0 Å². The molecule has 2 aromatic rings. The molecule has 0 aliphatic carbocycles. The summed E-state index contributed by atoms with van der Waals surface area (Å²) in [6.45, 7) is 1.90. The summed E-state index contributed by atoms with van der Waals surface area (Å²) in [6, 6.07) is 6.02. The maximum atomic E-state index is 4.31. The van der Waals surface area contributed by atoms with Gasteiger partial charge in [-0.2, -0.15) is 0 Å². The van der Waals surface area contributed by atoms with Gasteiger partial charge < -0.3 is 0 Å². The van der Waals surface area contributed by atoms with Crippen LogP contribution < -0.4 is 0 Å². The Morgan fingerprint density at radius 3 is 2.92 bits per heavy atom. The molecule has 60 valence electrons. The minimum Gasteiger partial charge on any atom is -0.242 e. The van der Waals surface area contributed by atoms with Crippen molar-refractivity contribution in [1.82, 2.24) is 9.97 Å². The molecule has 0 spiro atoms. The van der Waals surface area contributed by atoms with Crippen molar-refractivity contribution in [3.63, 3.8) is 0 Å². The van der Waals surface area contributed by atoms with E-state index in [4.69, 9.17) is 0 Å². The zero-order chi connectivity index (χ0) is 8.39. The van der Waals surface area contributed by atoms with Crippen molar-refractivity contribution in [3.8, 4) is 10.6 Å². The summed E-state index contributed by atoms with van der Waals surface area (Å²) in [7, 11) is 0. The van der Waals surface area contributed by atoms with E-state index in [0.29, 0.717) is 0 Å². The van der Waals surface area contributed by atoms with Gasteiger partial charge in [0.2, 0.25) is 0 Å². The Kier molecular flexibility index (Phi) is 1.87. The predicted molar refractivity (Wildman–Crippen MR) is 50.1 cm³/mol. The minimum absolute atomic E-state index is 0.820. The fraction of sp³-hybridized carbons (Fsp3) is 0.111. The number of hydrogen-bond acceptors (Lipinski definition) is 3. The van der Waals surface area contributed by atoms with Gasteiger partial charge in [-0.05, 0) is 24.4 Å². The Morgan fingerprint density at radius 1 is 1.33 bits per heavy atom. The van der Waals surface area contributed by atoms with Gasteiger partial charge in [-0.1, -0.05) is 6.07 Å². The Morgan fingerprint density at radius 2 is 2.25 bits per heavy atom. The second-order valence-electron chi connectivity index (χ2n) is 2.47. The van der Waals surface area contributed by atoms with Crippen LogP contribution in [0.15, 0.2) is 29.8 Å². The quantitative estimate of drug-likeness (QED) is 0.667. The van der Waals surface area contributed by atoms with Crippen LogP contribution in [0, 0.1) is 6.92 Å². The fourth-order valence-electron chi connectivity index (χ4n) is 1.02. The van der Waals surface area contributed by atoms with Gasteiger partial charge in [-0.15, -0.1) is 11.3 Å². The highest BCUT2D eigenvalue weighted by atomic mass is 32.1. The monoisotopic (exact) mass is 176 g/mol. The maximum absolute atomic E-state index is 4.31. The number of rotatable bonds is 1. The molecule has 2 heterocycles. The molecule has 2 aromatic heterocycles. The van der Waals surface area contributed by atoms with Crippen LogP contribution in [-0.4, -0.2) is 9.97 Å². The molecule has 12 heavy (non-hydrogen) atoms. The van der Waals surface area contributed by atoms with Gasteiger partial charge in [0, 0.05) is 6.20 Å². The van der Waals surface area contributed by atoms with Crippen molar-refractivity contribution < 1.29 is 0 Å². The second-order valence-corrected chi connectivity index (χ2v) is 3.41. The van der Waals surface area contributed by atoms with Crippen LogP contribution in [0.1, 0.15) is 5.82 Å². The van der Waals surface area contributed by atoms with Gasteiger partial charge in [0.15, 0.2) is 0 Å². The average molecular weight is 176 g/mol. The topological polar surface area (TPSA) is 25.8 Å². The van der Waals surface area contributed by atoms with Crippen molar-refractivity contribution in [2.45, 2.75) is 6.92 Å². The van der Waals surface area contributed by atoms with E-state index in [1.54, 1.807) is 17.5 Å². The number of aryl methyl sites for hydroxylation is 1. The van der Waals surface area contributed by atoms with Crippen LogP contribution in [-0.2, 0) is 0 Å². The van der Waals surface area contributed by atoms with Gasteiger partial charge in [-0.25, -0.2) is 9.97 Å². The summed E-state index contributed by atoms with van der Waals surface area (Å²) >= 11 is 1.69. The lowest BCUT2D eigenvalue weighted by atomic mass is 10.3. The summed E-state index contributed by atoms with van der Waals surface area (Å²) < 4.78 is 0. The minimum atomic E-state index is 0.820. The van der Waals surface area contributed by atoms with Crippen molar-refractivity contribution in [2.24, 2.45) is 0 Å². The van der Waals surface area contributed by atoms with Crippen molar-refractivity contribution in [2.75, 3.05) is 0 Å². The molecule has 0 atom stereocenters. The number of nitrogens with zero attached hydrogens (tertiary/aromatic N) is 2. The molecule has 2 rings (SSSR count). The Labute approximate surface area is 74.9 Å². The van der Waals surface area contributed by atoms with Gasteiger partial charge in [0.05, 0.1) is 10.6 Å². The van der Waals surface area contributed by atoms with Crippen LogP contribution in [0.5, 0.6) is 0 Å². The molecule has 3 heteroatoms. The lowest BCUT2D eigenvalue weighted by Gasteiger charge is -1.95. The average Bonchev–Trinajstić information content (AvgIpc) is 2.56. The highest BCUT2D eigenvalue weighted by Gasteiger charge is 1.98. The molecule has 0 saturated heterocycles. The Bertz CT molecular complexity index is 368. The van der Waals surface area contributed by atoms with Crippen molar-refractivity contribution >= 4 is 11.3 Å². The highest BCUT2D eigenvalue weighted by molar-refractivity contribution is 7.13. The molecule has 0 aliphatic rings. The lowest BCUT2D eigenvalue weighted by Crippen LogP contribution is -1.87. The van der Waals surface area contributed by atoms with E-state index in [1.807, 2.05) is 24.4 Å². The third-order valence-corrected chi connectivity index (χ3v) is 2.44. The van der Waals surface area contributed by atoms with E-state index in [2.05, 4.69) is 16.0 Å². The summed E-state index contributed by atoms with van der Waals surface area (Å²) in [5.41, 5.74) is 1.01. The predicted octanol–water partition coefficient (Wildman–Crippen LogP) is 2.51. The lowest BCUT2D eigenvalue weighted by molar-refractivity contribution is 1.06. The Hall–Kier alpha value is -1.22. The summed E-state index contributed by atoms with van der Waals surface area (Å²) in [5, 5.41) is 2.05. The first-order chi connectivity index (χ1) is 5.86. The van der Waals surface area contributed by atoms with E-state index in [1.165, 1.54) is 4.88 Å². The molecule has 0 amide bonds. The van der Waals surface area contributed by atoms with Gasteiger partial charge in [-0.3, -0.25) is 0 Å². The summed E-state index contributed by atoms with van der Waals surface area (Å²) in [4.78, 5) is 9.55. The molecule has 0 aliphatic heterocycles. The van der Waals surface area contributed by atoms with Crippen LogP contribution in [0.25, 0.3) is 10.6 Å². The highest BCUT2D eigenvalue weighted by Crippen LogP contribution is 2.21. The first kappa shape index (κ1) is 7.43. The third-order valence-electron chi connectivity index (χ3n) is 1.55. The molecule has 0 N–H and O–H groups in total. The molecule has 0 bridgehead atoms. The maximum Gasteiger partial charge on any atom is 0.125 e. The number of thiophene rings is 1. The standard InChI is InChI=1S/C9H8N2S/c1-7-10-5-4-8(11-7)9-3-2-6-12-9/h2-6H,1H3. The molecule has 0 saturated carbocycles. The summed E-state index contributed by atoms with van der Waals surface area (Å²) in [6.07, 6.45) is 1.79. The first-order valence-corrected chi connectivity index (χ1v) is 4.58. The van der Waals surface area contributed by atoms with Gasteiger partial charge in [0.1, 0.15) is 5.82 Å². The molecule has 0 unspecified atom stereocenters. The van der Waals surface area contributed by atoms with Crippen molar-refractivity contribution in [1.29, 1.82) is 0 Å². The molecule has 0 radical (unpaired) electrons. The Balaban J connectivity index is 2.48. The van der Waals surface area contributed by atoms with E-state index < -0.39 is 0 Å². The fourth-order valence-corrected chi connectivity index (χ4v) is 1.71. The molecule has 0 aromatic carbocycles. The summed E-state index contributed by atoms with van der Waals surface area (Å²) in [5.74, 6) is 0.820. The molecule has 2 nitrogen and oxygen atoms in total.